The van der Waals surface area contributed by atoms with Crippen molar-refractivity contribution in [3.63, 3.8) is 0 Å². The normalized spacial score (nSPS) is 14.9. The van der Waals surface area contributed by atoms with E-state index in [9.17, 15) is 4.79 Å². The highest BCUT2D eigenvalue weighted by Crippen LogP contribution is 2.17. The summed E-state index contributed by atoms with van der Waals surface area (Å²) in [5.41, 5.74) is 1.12. The lowest BCUT2D eigenvalue weighted by molar-refractivity contribution is -0.131. The molecule has 162 valence electrons. The van der Waals surface area contributed by atoms with Gasteiger partial charge in [0.2, 0.25) is 11.9 Å². The molecule has 1 aliphatic heterocycles. The van der Waals surface area contributed by atoms with Crippen LogP contribution in [0.4, 0.5) is 5.95 Å². The van der Waals surface area contributed by atoms with E-state index in [1.165, 1.54) is 0 Å². The maximum Gasteiger partial charge on any atom is 0.225 e. The van der Waals surface area contributed by atoms with Gasteiger partial charge in [0, 0.05) is 64.0 Å². The molecule has 30 heavy (non-hydrogen) atoms. The van der Waals surface area contributed by atoms with Crippen LogP contribution in [0.3, 0.4) is 0 Å². The highest BCUT2D eigenvalue weighted by atomic mass is 32.1. The summed E-state index contributed by atoms with van der Waals surface area (Å²) in [4.78, 5) is 33.9. The largest absolute Gasteiger partial charge is 0.356 e. The Balaban J connectivity index is 1.36. The summed E-state index contributed by atoms with van der Waals surface area (Å²) in [7, 11) is 1.73. The second kappa shape index (κ2) is 10.9. The smallest absolute Gasteiger partial charge is 0.225 e. The minimum Gasteiger partial charge on any atom is -0.356 e. The van der Waals surface area contributed by atoms with Crippen LogP contribution < -0.4 is 15.5 Å². The number of anilines is 1. The molecule has 1 fully saturated rings. The van der Waals surface area contributed by atoms with E-state index in [0.29, 0.717) is 44.5 Å². The van der Waals surface area contributed by atoms with Crippen LogP contribution in [0.1, 0.15) is 36.9 Å². The van der Waals surface area contributed by atoms with Gasteiger partial charge in [-0.1, -0.05) is 13.8 Å². The zero-order valence-corrected chi connectivity index (χ0v) is 18.7. The molecule has 2 aromatic rings. The van der Waals surface area contributed by atoms with E-state index in [2.05, 4.69) is 54.7 Å². The molecule has 2 aromatic heterocycles. The molecule has 3 rings (SSSR count). The third kappa shape index (κ3) is 6.12. The number of aliphatic imine (C=N–C) groups is 1. The number of amides is 1. The van der Waals surface area contributed by atoms with E-state index >= 15 is 0 Å². The van der Waals surface area contributed by atoms with Gasteiger partial charge in [-0.3, -0.25) is 9.79 Å². The Morgan fingerprint density at radius 3 is 2.57 bits per heavy atom. The Hall–Kier alpha value is -2.75. The lowest BCUT2D eigenvalue weighted by atomic mass is 10.2. The average molecular weight is 431 g/mol. The van der Waals surface area contributed by atoms with Gasteiger partial charge in [0.1, 0.15) is 5.01 Å². The first kappa shape index (κ1) is 21.9. The predicted octanol–water partition coefficient (Wildman–Crippen LogP) is 1.46. The van der Waals surface area contributed by atoms with Crippen LogP contribution in [0.25, 0.3) is 0 Å². The van der Waals surface area contributed by atoms with E-state index in [0.717, 1.165) is 29.7 Å². The SMILES string of the molecule is CN=C(NCCC(=O)N1CCN(c2ncccn2)CC1)NCc1nc(C(C)C)cs1. The molecule has 0 saturated carbocycles. The molecule has 0 aromatic carbocycles. The standard InChI is InChI=1S/C20H30N8OS/c1-15(2)16-14-30-17(26-16)13-25-19(21-3)22-8-5-18(29)27-9-11-28(12-10-27)20-23-6-4-7-24-20/h4,6-7,14-15H,5,8-13H2,1-3H3,(H2,21,22,25). The maximum absolute atomic E-state index is 12.5. The minimum atomic E-state index is 0.146. The number of rotatable bonds is 7. The van der Waals surface area contributed by atoms with Crippen molar-refractivity contribution in [2.75, 3.05) is 44.7 Å². The summed E-state index contributed by atoms with van der Waals surface area (Å²) in [6.45, 7) is 8.30. The van der Waals surface area contributed by atoms with Gasteiger partial charge in [-0.2, -0.15) is 0 Å². The zero-order chi connectivity index (χ0) is 21.3. The number of piperazine rings is 1. The molecule has 1 saturated heterocycles. The van der Waals surface area contributed by atoms with Gasteiger partial charge < -0.3 is 20.4 Å². The third-order valence-electron chi connectivity index (χ3n) is 4.89. The fraction of sp³-hybridized carbons (Fsp3) is 0.550. The quantitative estimate of drug-likeness (QED) is 0.507. The number of thiazole rings is 1. The minimum absolute atomic E-state index is 0.146. The topological polar surface area (TPSA) is 98.6 Å². The molecule has 3 heterocycles. The van der Waals surface area contributed by atoms with Crippen LogP contribution >= 0.6 is 11.3 Å². The van der Waals surface area contributed by atoms with Crippen molar-refractivity contribution in [1.29, 1.82) is 0 Å². The van der Waals surface area contributed by atoms with Gasteiger partial charge in [0.25, 0.3) is 0 Å². The van der Waals surface area contributed by atoms with Crippen LogP contribution in [0.5, 0.6) is 0 Å². The van der Waals surface area contributed by atoms with Crippen molar-refractivity contribution in [2.24, 2.45) is 4.99 Å². The number of nitrogens with one attached hydrogen (secondary N) is 2. The van der Waals surface area contributed by atoms with Gasteiger partial charge in [-0.05, 0) is 12.0 Å². The van der Waals surface area contributed by atoms with Crippen LogP contribution in [0, 0.1) is 0 Å². The fourth-order valence-corrected chi connectivity index (χ4v) is 4.00. The summed E-state index contributed by atoms with van der Waals surface area (Å²) in [6, 6.07) is 1.80. The second-order valence-electron chi connectivity index (χ2n) is 7.34. The number of aromatic nitrogens is 3. The Morgan fingerprint density at radius 1 is 1.20 bits per heavy atom. The summed E-state index contributed by atoms with van der Waals surface area (Å²) in [5, 5.41) is 9.59. The number of guanidine groups is 1. The molecule has 9 nitrogen and oxygen atoms in total. The molecule has 0 radical (unpaired) electrons. The molecule has 1 amide bonds. The molecule has 0 aliphatic carbocycles. The van der Waals surface area contributed by atoms with E-state index in [-0.39, 0.29) is 5.91 Å². The van der Waals surface area contributed by atoms with Crippen LogP contribution in [-0.2, 0) is 11.3 Å². The Labute approximate surface area is 181 Å². The first-order chi connectivity index (χ1) is 14.6. The summed E-state index contributed by atoms with van der Waals surface area (Å²) in [6.07, 6.45) is 3.91. The first-order valence-corrected chi connectivity index (χ1v) is 11.1. The summed E-state index contributed by atoms with van der Waals surface area (Å²) in [5.74, 6) is 1.98. The van der Waals surface area contributed by atoms with Gasteiger partial charge in [0.15, 0.2) is 5.96 Å². The predicted molar refractivity (Wildman–Crippen MR) is 120 cm³/mol. The third-order valence-corrected chi connectivity index (χ3v) is 5.76. The number of hydrogen-bond acceptors (Lipinski definition) is 7. The molecular weight excluding hydrogens is 400 g/mol. The molecule has 2 N–H and O–H groups in total. The van der Waals surface area contributed by atoms with Gasteiger partial charge in [0.05, 0.1) is 12.2 Å². The first-order valence-electron chi connectivity index (χ1n) is 10.3. The van der Waals surface area contributed by atoms with Crippen LogP contribution in [-0.4, -0.2) is 71.5 Å². The second-order valence-corrected chi connectivity index (χ2v) is 8.28. The van der Waals surface area contributed by atoms with Crippen molar-refractivity contribution in [3.8, 4) is 0 Å². The lowest BCUT2D eigenvalue weighted by Crippen LogP contribution is -2.50. The molecule has 0 atom stereocenters. The number of carbonyl (C=O) groups excluding carboxylic acids is 1. The Kier molecular flexibility index (Phi) is 7.95. The van der Waals surface area contributed by atoms with Gasteiger partial charge in [-0.25, -0.2) is 15.0 Å². The van der Waals surface area contributed by atoms with E-state index in [4.69, 9.17) is 0 Å². The van der Waals surface area contributed by atoms with E-state index in [1.54, 1.807) is 36.8 Å². The van der Waals surface area contributed by atoms with Crippen molar-refractivity contribution in [3.05, 3.63) is 34.5 Å². The maximum atomic E-state index is 12.5. The summed E-state index contributed by atoms with van der Waals surface area (Å²) < 4.78 is 0. The highest BCUT2D eigenvalue weighted by Gasteiger charge is 2.22. The van der Waals surface area contributed by atoms with Gasteiger partial charge >= 0.3 is 0 Å². The average Bonchev–Trinajstić information content (AvgIpc) is 3.26. The highest BCUT2D eigenvalue weighted by molar-refractivity contribution is 7.09. The summed E-state index contributed by atoms with van der Waals surface area (Å²) >= 11 is 1.65. The number of hydrogen-bond donors (Lipinski definition) is 2. The number of nitrogens with zero attached hydrogens (tertiary/aromatic N) is 6. The molecule has 0 spiro atoms. The number of carbonyl (C=O) groups is 1. The van der Waals surface area contributed by atoms with E-state index < -0.39 is 0 Å². The molecule has 10 heteroatoms. The monoisotopic (exact) mass is 430 g/mol. The van der Waals surface area contributed by atoms with Gasteiger partial charge in [-0.15, -0.1) is 11.3 Å². The molecular formula is C20H30N8OS. The Bertz CT molecular complexity index is 830. The van der Waals surface area contributed by atoms with E-state index in [1.807, 2.05) is 4.90 Å². The Morgan fingerprint density at radius 2 is 1.93 bits per heavy atom. The van der Waals surface area contributed by atoms with Crippen LogP contribution in [0.15, 0.2) is 28.8 Å². The molecule has 0 unspecified atom stereocenters. The van der Waals surface area contributed by atoms with Crippen molar-refractivity contribution < 1.29 is 4.79 Å². The zero-order valence-electron chi connectivity index (χ0n) is 17.8. The van der Waals surface area contributed by atoms with Crippen molar-refractivity contribution in [2.45, 2.75) is 32.7 Å². The fourth-order valence-electron chi connectivity index (χ4n) is 3.11. The molecule has 1 aliphatic rings. The van der Waals surface area contributed by atoms with Crippen molar-refractivity contribution >= 4 is 29.2 Å². The lowest BCUT2D eigenvalue weighted by Gasteiger charge is -2.34. The van der Waals surface area contributed by atoms with Crippen molar-refractivity contribution in [1.82, 2.24) is 30.5 Å². The van der Waals surface area contributed by atoms with Crippen LogP contribution in [0.2, 0.25) is 0 Å². The molecule has 0 bridgehead atoms.